The molecule has 6 aromatic carbocycles. The van der Waals surface area contributed by atoms with E-state index in [1.165, 1.54) is 39.0 Å². The van der Waals surface area contributed by atoms with Crippen LogP contribution in [0.4, 0.5) is 0 Å². The van der Waals surface area contributed by atoms with Crippen molar-refractivity contribution < 1.29 is 25.7 Å². The van der Waals surface area contributed by atoms with Crippen LogP contribution in [0.3, 0.4) is 0 Å². The standard InChI is InChI=1S/C32H40N2O3SSi.C32H38N2O3SSi/c2*1-23(2)31-29-20-24-19-25(30(38(6,35)36)21-28(24)34(29)18-17-33-31)22-37-39(32(3,4)5,26-13-9-7-10-14-26)27-15-11-8-12-16-27/h7-16,19-21,23,31,33H,17-18,22H2,1-6H3;7-16,19-21,23H,17-18,22H2,1-6H3. The molecule has 0 amide bonds. The number of fused-ring (bicyclic) bond motifs is 6. The Kier molecular flexibility index (Phi) is 16.1. The summed E-state index contributed by atoms with van der Waals surface area (Å²) in [5.74, 6) is 0.724. The minimum absolute atomic E-state index is 0.198. The quantitative estimate of drug-likeness (QED) is 0.108. The number of benzene rings is 6. The zero-order valence-electron chi connectivity index (χ0n) is 47.6. The van der Waals surface area contributed by atoms with Gasteiger partial charge in [-0.3, -0.25) is 4.99 Å². The molecule has 0 aliphatic carbocycles. The van der Waals surface area contributed by atoms with Gasteiger partial charge in [-0.1, -0.05) is 191 Å². The van der Waals surface area contributed by atoms with E-state index in [1.54, 1.807) is 0 Å². The Morgan fingerprint density at radius 3 is 1.33 bits per heavy atom. The highest BCUT2D eigenvalue weighted by Gasteiger charge is 2.51. The molecule has 78 heavy (non-hydrogen) atoms. The summed E-state index contributed by atoms with van der Waals surface area (Å²) in [5.41, 5.74) is 6.70. The predicted octanol–water partition coefficient (Wildman–Crippen LogP) is 11.0. The molecule has 4 heterocycles. The summed E-state index contributed by atoms with van der Waals surface area (Å²) in [4.78, 5) is 5.47. The number of aliphatic imine (C=N–C) groups is 1. The van der Waals surface area contributed by atoms with Crippen LogP contribution in [0.15, 0.2) is 173 Å². The smallest absolute Gasteiger partial charge is 0.261 e. The molecule has 1 atom stereocenters. The number of sulfone groups is 2. The van der Waals surface area contributed by atoms with Crippen molar-refractivity contribution >= 4 is 84.6 Å². The Hall–Kier alpha value is -5.72. The molecule has 14 heteroatoms. The lowest BCUT2D eigenvalue weighted by molar-refractivity contribution is 0.283. The van der Waals surface area contributed by atoms with Crippen LogP contribution in [0.2, 0.25) is 10.1 Å². The maximum atomic E-state index is 13.2. The molecule has 0 radical (unpaired) electrons. The van der Waals surface area contributed by atoms with Crippen LogP contribution >= 0.6 is 0 Å². The van der Waals surface area contributed by atoms with Crippen molar-refractivity contribution in [2.75, 3.05) is 25.6 Å². The summed E-state index contributed by atoms with van der Waals surface area (Å²) < 4.78 is 71.4. The highest BCUT2D eigenvalue weighted by atomic mass is 32.2. The number of rotatable bonds is 14. The van der Waals surface area contributed by atoms with E-state index in [-0.39, 0.29) is 29.3 Å². The highest BCUT2D eigenvalue weighted by molar-refractivity contribution is 7.91. The third kappa shape index (κ3) is 10.9. The molecule has 0 bridgehead atoms. The van der Waals surface area contributed by atoms with Gasteiger partial charge >= 0.3 is 0 Å². The number of nitrogens with one attached hydrogen (secondary N) is 1. The maximum absolute atomic E-state index is 13.2. The van der Waals surface area contributed by atoms with E-state index in [4.69, 9.17) is 13.8 Å². The van der Waals surface area contributed by atoms with Crippen LogP contribution in [0.1, 0.15) is 97.8 Å². The topological polar surface area (TPSA) is 121 Å². The summed E-state index contributed by atoms with van der Waals surface area (Å²) in [6, 6.07) is 54.3. The molecule has 1 N–H and O–H groups in total. The van der Waals surface area contributed by atoms with E-state index in [1.807, 2.05) is 48.5 Å². The second-order valence-corrected chi connectivity index (χ2v) is 36.6. The first kappa shape index (κ1) is 57.0. The van der Waals surface area contributed by atoms with Gasteiger partial charge in [0, 0.05) is 65.7 Å². The Balaban J connectivity index is 0.000000190. The van der Waals surface area contributed by atoms with Crippen LogP contribution in [0, 0.1) is 11.8 Å². The van der Waals surface area contributed by atoms with E-state index >= 15 is 0 Å². The molecule has 0 fully saturated rings. The van der Waals surface area contributed by atoms with Crippen LogP contribution in [0.25, 0.3) is 21.8 Å². The molecule has 410 valence electrons. The highest BCUT2D eigenvalue weighted by Crippen LogP contribution is 2.41. The Bertz CT molecular complexity index is 3620. The Morgan fingerprint density at radius 1 is 0.564 bits per heavy atom. The fourth-order valence-corrected chi connectivity index (χ4v) is 23.2. The number of aromatic nitrogens is 2. The molecule has 10 nitrogen and oxygen atoms in total. The van der Waals surface area contributed by atoms with Gasteiger partial charge in [0.2, 0.25) is 0 Å². The first-order chi connectivity index (χ1) is 36.9. The molecule has 8 aromatic rings. The summed E-state index contributed by atoms with van der Waals surface area (Å²) in [5, 5.41) is 10.0. The second kappa shape index (κ2) is 22.1. The fraction of sp³-hybridized carbons (Fsp3) is 0.359. The van der Waals surface area contributed by atoms with Gasteiger partial charge in [-0.2, -0.15) is 0 Å². The van der Waals surface area contributed by atoms with Crippen LogP contribution in [-0.2, 0) is 54.8 Å². The minimum atomic E-state index is -3.50. The van der Waals surface area contributed by atoms with E-state index < -0.39 is 36.3 Å². The number of hydrogen-bond acceptors (Lipinski definition) is 8. The lowest BCUT2D eigenvalue weighted by atomic mass is 9.99. The Labute approximate surface area is 466 Å². The van der Waals surface area contributed by atoms with Crippen LogP contribution < -0.4 is 26.1 Å². The van der Waals surface area contributed by atoms with Gasteiger partial charge in [0.25, 0.3) is 16.6 Å². The van der Waals surface area contributed by atoms with Gasteiger partial charge in [0.05, 0.1) is 41.0 Å². The lowest BCUT2D eigenvalue weighted by Gasteiger charge is -2.43. The second-order valence-electron chi connectivity index (χ2n) is 24.0. The third-order valence-electron chi connectivity index (χ3n) is 15.8. The van der Waals surface area contributed by atoms with Gasteiger partial charge in [0.1, 0.15) is 0 Å². The van der Waals surface area contributed by atoms with E-state index in [9.17, 15) is 16.8 Å². The van der Waals surface area contributed by atoms with Crippen molar-refractivity contribution in [1.29, 1.82) is 0 Å². The van der Waals surface area contributed by atoms with Gasteiger partial charge in [0.15, 0.2) is 19.7 Å². The Morgan fingerprint density at radius 2 is 0.962 bits per heavy atom. The van der Waals surface area contributed by atoms with Crippen molar-refractivity contribution in [2.45, 2.75) is 121 Å². The first-order valence-electron chi connectivity index (χ1n) is 27.4. The summed E-state index contributed by atoms with van der Waals surface area (Å²) in [6.07, 6.45) is 2.60. The van der Waals surface area contributed by atoms with Gasteiger partial charge in [-0.15, -0.1) is 0 Å². The monoisotopic (exact) mass is 1120 g/mol. The minimum Gasteiger partial charge on any atom is -0.403 e. The molecular weight excluding hydrogens is 1040 g/mol. The first-order valence-corrected chi connectivity index (χ1v) is 35.0. The fourth-order valence-electron chi connectivity index (χ4n) is 12.3. The number of nitrogens with zero attached hydrogens (tertiary/aromatic N) is 3. The normalized spacial score (nSPS) is 15.5. The molecular formula is C64H78N4O6S2Si2. The van der Waals surface area contributed by atoms with Gasteiger partial charge in [-0.25, -0.2) is 16.8 Å². The molecule has 0 spiro atoms. The van der Waals surface area contributed by atoms with Gasteiger partial charge in [-0.05, 0) is 90.2 Å². The molecule has 2 aliphatic heterocycles. The van der Waals surface area contributed by atoms with Crippen molar-refractivity contribution in [3.8, 4) is 0 Å². The zero-order chi connectivity index (χ0) is 56.0. The summed E-state index contributed by atoms with van der Waals surface area (Å²) >= 11 is 0. The van der Waals surface area contributed by atoms with Crippen molar-refractivity contribution in [3.05, 3.63) is 180 Å². The predicted molar refractivity (Wildman–Crippen MR) is 327 cm³/mol. The maximum Gasteiger partial charge on any atom is 0.261 e. The molecule has 0 saturated carbocycles. The largest absolute Gasteiger partial charge is 0.403 e. The zero-order valence-corrected chi connectivity index (χ0v) is 51.2. The molecule has 0 saturated heterocycles. The molecule has 1 unspecified atom stereocenters. The number of hydrogen-bond donors (Lipinski definition) is 1. The average Bonchev–Trinajstić information content (AvgIpc) is 4.11. The van der Waals surface area contributed by atoms with Crippen LogP contribution in [-0.4, -0.2) is 73.9 Å². The molecule has 10 rings (SSSR count). The molecule has 2 aromatic heterocycles. The third-order valence-corrected chi connectivity index (χ3v) is 28.1. The molecule has 2 aliphatic rings. The van der Waals surface area contributed by atoms with Crippen LogP contribution in [0.5, 0.6) is 0 Å². The average molecular weight is 1120 g/mol. The van der Waals surface area contributed by atoms with Crippen molar-refractivity contribution in [3.63, 3.8) is 0 Å². The van der Waals surface area contributed by atoms with Gasteiger partial charge < -0.3 is 23.3 Å². The lowest BCUT2D eigenvalue weighted by Crippen LogP contribution is -2.66. The van der Waals surface area contributed by atoms with Crippen molar-refractivity contribution in [2.24, 2.45) is 16.8 Å². The van der Waals surface area contributed by atoms with Crippen molar-refractivity contribution in [1.82, 2.24) is 14.5 Å². The van der Waals surface area contributed by atoms with E-state index in [0.717, 1.165) is 58.4 Å². The summed E-state index contributed by atoms with van der Waals surface area (Å²) in [6.45, 7) is 25.7. The summed E-state index contributed by atoms with van der Waals surface area (Å²) in [7, 11) is -12.6. The van der Waals surface area contributed by atoms with E-state index in [0.29, 0.717) is 33.7 Å². The SMILES string of the molecule is CC(C)C1=NCCn2c1cc1cc(CO[Si](c3ccccc3)(c3ccccc3)C(C)(C)C)c(S(C)(=O)=O)cc12.CC(C)C1NCCn2c1cc1cc(CO[Si](c3ccccc3)(c3ccccc3)C(C)(C)C)c(S(C)(=O)=O)cc12. The van der Waals surface area contributed by atoms with E-state index in [2.05, 4.69) is 193 Å².